The summed E-state index contributed by atoms with van der Waals surface area (Å²) in [5, 5.41) is 8.63. The number of hydrogen-bond donors (Lipinski definition) is 0. The van der Waals surface area contributed by atoms with E-state index in [1.807, 2.05) is 0 Å². The zero-order valence-electron chi connectivity index (χ0n) is 33.4. The second kappa shape index (κ2) is 15.0. The molecule has 0 atom stereocenters. The van der Waals surface area contributed by atoms with Gasteiger partial charge in [0.15, 0.2) is 0 Å². The van der Waals surface area contributed by atoms with Crippen molar-refractivity contribution in [1.82, 2.24) is 0 Å². The smallest absolute Gasteiger partial charge is 0.358 e. The van der Waals surface area contributed by atoms with Gasteiger partial charge in [0, 0.05) is 0 Å². The van der Waals surface area contributed by atoms with Crippen LogP contribution in [0.2, 0.25) is 11.1 Å². The van der Waals surface area contributed by atoms with Crippen molar-refractivity contribution in [3.05, 3.63) is 134 Å². The molecule has 0 aromatic heterocycles. The Hall–Kier alpha value is -2.81. The first-order valence-electron chi connectivity index (χ1n) is 17.7. The second-order valence-corrected chi connectivity index (χ2v) is 22.0. The molecule has 0 saturated heterocycles. The van der Waals surface area contributed by atoms with Crippen LogP contribution in [-0.2, 0) is 36.7 Å². The van der Waals surface area contributed by atoms with E-state index in [9.17, 15) is 0 Å². The maximum Gasteiger partial charge on any atom is 4.00 e. The molecule has 0 saturated carbocycles. The van der Waals surface area contributed by atoms with Gasteiger partial charge in [0.1, 0.15) is 0 Å². The van der Waals surface area contributed by atoms with Crippen molar-refractivity contribution in [3.63, 3.8) is 0 Å². The molecule has 6 aromatic rings. The SMILES string of the molecule is Cc1cc(C(C)(C)C)ccc1-c1cccc2[cH-]c([Si](c3cc4c(-c5ccc(C(C)(C)C)cc5C)cccc4[cH-]3)(C(C)C)C(C)C)cc12.[CH3-].[CH3-].[Hf+4]. The molecule has 0 aliphatic heterocycles. The van der Waals surface area contributed by atoms with Crippen molar-refractivity contribution in [2.45, 2.75) is 105 Å². The van der Waals surface area contributed by atoms with Crippen LogP contribution >= 0.6 is 0 Å². The van der Waals surface area contributed by atoms with E-state index in [4.69, 9.17) is 0 Å². The van der Waals surface area contributed by atoms with Crippen molar-refractivity contribution in [2.75, 3.05) is 0 Å². The van der Waals surface area contributed by atoms with E-state index < -0.39 is 8.07 Å². The van der Waals surface area contributed by atoms with E-state index in [-0.39, 0.29) is 51.5 Å². The van der Waals surface area contributed by atoms with E-state index >= 15 is 0 Å². The minimum Gasteiger partial charge on any atom is -0.358 e. The molecule has 0 aliphatic carbocycles. The maximum atomic E-state index is 2.59. The Bertz CT molecular complexity index is 1930. The van der Waals surface area contributed by atoms with Gasteiger partial charge >= 0.3 is 25.8 Å². The van der Waals surface area contributed by atoms with Gasteiger partial charge in [0.25, 0.3) is 0 Å². The monoisotopic (exact) mass is 844 g/mol. The van der Waals surface area contributed by atoms with Crippen molar-refractivity contribution in [2.24, 2.45) is 0 Å². The zero-order chi connectivity index (χ0) is 34.1. The summed E-state index contributed by atoms with van der Waals surface area (Å²) < 4.78 is 0. The van der Waals surface area contributed by atoms with Crippen LogP contribution in [0.15, 0.2) is 97.1 Å². The molecule has 0 bridgehead atoms. The standard InChI is InChI=1S/C46H54Si.2CH3.Hf/c1-29(2)47(30(3)4,37-25-33-15-13-17-41(43(33)27-37)39-21-19-35(23-31(39)5)45(7,8)9)38-26-34-16-14-18-42(44(34)28-38)40-22-20-36(24-32(40)6)46(10,11)12;;;/h13-30H,1-12H3;2*1H3;/q-2;2*-1;+4. The summed E-state index contributed by atoms with van der Waals surface area (Å²) in [6, 6.07) is 38.2. The minimum absolute atomic E-state index is 0. The van der Waals surface area contributed by atoms with Gasteiger partial charge in [-0.15, -0.1) is 68.3 Å². The average Bonchev–Trinajstić information content (AvgIpc) is 3.61. The first-order chi connectivity index (χ1) is 22.0. The zero-order valence-corrected chi connectivity index (χ0v) is 38.0. The molecule has 0 fully saturated rings. The van der Waals surface area contributed by atoms with Crippen molar-refractivity contribution in [1.29, 1.82) is 0 Å². The molecule has 0 nitrogen and oxygen atoms in total. The molecule has 50 heavy (non-hydrogen) atoms. The normalized spacial score (nSPS) is 12.3. The molecular formula is C48H60HfSi. The molecule has 6 rings (SSSR count). The van der Waals surface area contributed by atoms with Crippen molar-refractivity contribution >= 4 is 40.0 Å². The van der Waals surface area contributed by atoms with E-state index in [0.717, 1.165) is 0 Å². The van der Waals surface area contributed by atoms with E-state index in [1.165, 1.54) is 66.1 Å². The fraction of sp³-hybridized carbons (Fsp3) is 0.333. The van der Waals surface area contributed by atoms with Crippen LogP contribution in [-0.4, -0.2) is 8.07 Å². The van der Waals surface area contributed by atoms with Gasteiger partial charge in [-0.05, 0) is 69.1 Å². The fourth-order valence-electron chi connectivity index (χ4n) is 8.45. The van der Waals surface area contributed by atoms with Crippen LogP contribution in [0.1, 0.15) is 91.5 Å². The molecule has 0 spiro atoms. The molecule has 0 heterocycles. The van der Waals surface area contributed by atoms with Crippen LogP contribution in [0.5, 0.6) is 0 Å². The van der Waals surface area contributed by atoms with E-state index in [0.29, 0.717) is 11.1 Å². The van der Waals surface area contributed by atoms with Gasteiger partial charge in [-0.1, -0.05) is 129 Å². The number of rotatable bonds is 6. The van der Waals surface area contributed by atoms with Gasteiger partial charge in [0.2, 0.25) is 0 Å². The summed E-state index contributed by atoms with van der Waals surface area (Å²) in [5.74, 6) is 0. The third-order valence-electron chi connectivity index (χ3n) is 11.0. The number of benzene rings is 4. The Balaban J connectivity index is 0.00000225. The molecule has 2 heteroatoms. The third kappa shape index (κ3) is 7.14. The van der Waals surface area contributed by atoms with Crippen molar-refractivity contribution < 1.29 is 25.8 Å². The second-order valence-electron chi connectivity index (χ2n) is 16.8. The van der Waals surface area contributed by atoms with Gasteiger partial charge in [-0.2, -0.15) is 12.1 Å². The fourth-order valence-corrected chi connectivity index (χ4v) is 14.3. The quantitative estimate of drug-likeness (QED) is 0.116. The molecule has 0 aliphatic rings. The maximum absolute atomic E-state index is 2.59. The largest absolute Gasteiger partial charge is 4.00 e. The number of hydrogen-bond acceptors (Lipinski definition) is 0. The number of aryl methyl sites for hydroxylation is 2. The first-order valence-corrected chi connectivity index (χ1v) is 19.8. The van der Waals surface area contributed by atoms with Crippen LogP contribution in [0.4, 0.5) is 0 Å². The molecular weight excluding hydrogens is 783 g/mol. The van der Waals surface area contributed by atoms with Crippen LogP contribution in [0, 0.1) is 28.7 Å². The van der Waals surface area contributed by atoms with Crippen LogP contribution < -0.4 is 10.4 Å². The Morgan fingerprint density at radius 1 is 0.500 bits per heavy atom. The molecule has 0 amide bonds. The van der Waals surface area contributed by atoms with E-state index in [1.54, 1.807) is 10.4 Å². The summed E-state index contributed by atoms with van der Waals surface area (Å²) in [7, 11) is -2.21. The van der Waals surface area contributed by atoms with Crippen molar-refractivity contribution in [3.8, 4) is 22.3 Å². The summed E-state index contributed by atoms with van der Waals surface area (Å²) in [6.45, 7) is 28.3. The predicted molar refractivity (Wildman–Crippen MR) is 225 cm³/mol. The third-order valence-corrected chi connectivity index (χ3v) is 17.2. The van der Waals surface area contributed by atoms with Gasteiger partial charge in [0.05, 0.1) is 8.07 Å². The summed E-state index contributed by atoms with van der Waals surface area (Å²) in [5.41, 5.74) is 12.3. The predicted octanol–water partition coefficient (Wildman–Crippen LogP) is 13.3. The van der Waals surface area contributed by atoms with Crippen LogP contribution in [0.3, 0.4) is 0 Å². The summed E-state index contributed by atoms with van der Waals surface area (Å²) in [6.07, 6.45) is 0. The first kappa shape index (κ1) is 41.6. The molecule has 0 N–H and O–H groups in total. The summed E-state index contributed by atoms with van der Waals surface area (Å²) in [4.78, 5) is 0. The molecule has 0 unspecified atom stereocenters. The minimum atomic E-state index is -2.21. The van der Waals surface area contributed by atoms with Gasteiger partial charge in [-0.25, -0.2) is 0 Å². The Labute approximate surface area is 325 Å². The Morgan fingerprint density at radius 2 is 0.860 bits per heavy atom. The topological polar surface area (TPSA) is 0 Å². The molecule has 260 valence electrons. The van der Waals surface area contributed by atoms with Gasteiger partial charge in [-0.3, -0.25) is 0 Å². The average molecular weight is 844 g/mol. The van der Waals surface area contributed by atoms with E-state index in [2.05, 4.69) is 180 Å². The summed E-state index contributed by atoms with van der Waals surface area (Å²) >= 11 is 0. The Kier molecular flexibility index (Phi) is 12.5. The molecule has 6 aromatic carbocycles. The van der Waals surface area contributed by atoms with Gasteiger partial charge < -0.3 is 14.9 Å². The number of fused-ring (bicyclic) bond motifs is 2. The Morgan fingerprint density at radius 3 is 1.16 bits per heavy atom. The molecule has 0 radical (unpaired) electrons. The van der Waals surface area contributed by atoms with Crippen LogP contribution in [0.25, 0.3) is 43.8 Å².